The van der Waals surface area contributed by atoms with Crippen LogP contribution in [0.3, 0.4) is 0 Å². The van der Waals surface area contributed by atoms with Crippen molar-refractivity contribution in [3.63, 3.8) is 0 Å². The first-order valence-corrected chi connectivity index (χ1v) is 3.81. The summed E-state index contributed by atoms with van der Waals surface area (Å²) in [5, 5.41) is 0. The predicted molar refractivity (Wildman–Crippen MR) is 38.1 cm³/mol. The second-order valence-electron chi connectivity index (χ2n) is 4.27. The third kappa shape index (κ3) is 0.337. The zero-order valence-electron chi connectivity index (χ0n) is 6.48. The Morgan fingerprint density at radius 3 is 2.00 bits per heavy atom. The Morgan fingerprint density at radius 1 is 1.50 bits per heavy atom. The van der Waals surface area contributed by atoms with E-state index in [1.165, 1.54) is 0 Å². The van der Waals surface area contributed by atoms with Crippen molar-refractivity contribution in [2.45, 2.75) is 26.7 Å². The van der Waals surface area contributed by atoms with E-state index >= 15 is 0 Å². The van der Waals surface area contributed by atoms with Crippen LogP contribution in [0.4, 0.5) is 0 Å². The van der Waals surface area contributed by atoms with Crippen LogP contribution in [0.25, 0.3) is 0 Å². The zero-order chi connectivity index (χ0) is 7.57. The molecular formula is C8H13NO. The van der Waals surface area contributed by atoms with Gasteiger partial charge in [0.1, 0.15) is 0 Å². The van der Waals surface area contributed by atoms with E-state index < -0.39 is 0 Å². The van der Waals surface area contributed by atoms with E-state index in [9.17, 15) is 4.79 Å². The number of rotatable bonds is 1. The van der Waals surface area contributed by atoms with Crippen LogP contribution in [0.5, 0.6) is 0 Å². The highest BCUT2D eigenvalue weighted by Crippen LogP contribution is 2.75. The lowest BCUT2D eigenvalue weighted by atomic mass is 9.30. The SMILES string of the molecule is CC1(C)C2CC1(C(N)=O)C2. The van der Waals surface area contributed by atoms with Crippen molar-refractivity contribution in [2.75, 3.05) is 0 Å². The van der Waals surface area contributed by atoms with Crippen LogP contribution in [0, 0.1) is 16.7 Å². The molecule has 3 aliphatic carbocycles. The minimum atomic E-state index is -0.0995. The lowest BCUT2D eigenvalue weighted by Crippen LogP contribution is -2.72. The van der Waals surface area contributed by atoms with E-state index in [-0.39, 0.29) is 16.7 Å². The molecule has 3 fully saturated rings. The normalized spacial score (nSPS) is 47.2. The molecule has 0 atom stereocenters. The Labute approximate surface area is 60.8 Å². The van der Waals surface area contributed by atoms with E-state index in [0.29, 0.717) is 0 Å². The Hall–Kier alpha value is -0.530. The summed E-state index contributed by atoms with van der Waals surface area (Å²) in [6, 6.07) is 0. The molecule has 1 amide bonds. The summed E-state index contributed by atoms with van der Waals surface area (Å²) in [5.41, 5.74) is 5.43. The molecule has 0 saturated heterocycles. The molecule has 3 saturated carbocycles. The zero-order valence-corrected chi connectivity index (χ0v) is 6.48. The van der Waals surface area contributed by atoms with Gasteiger partial charge in [0.25, 0.3) is 0 Å². The third-order valence-corrected chi connectivity index (χ3v) is 3.92. The Bertz CT molecular complexity index is 201. The average Bonchev–Trinajstić information content (AvgIpc) is 1.58. The van der Waals surface area contributed by atoms with Gasteiger partial charge in [-0.15, -0.1) is 0 Å². The van der Waals surface area contributed by atoms with Crippen LogP contribution < -0.4 is 5.73 Å². The van der Waals surface area contributed by atoms with Crippen LogP contribution in [0.2, 0.25) is 0 Å². The van der Waals surface area contributed by atoms with Crippen molar-refractivity contribution in [3.8, 4) is 0 Å². The summed E-state index contributed by atoms with van der Waals surface area (Å²) in [5.74, 6) is 0.694. The molecule has 3 rings (SSSR count). The molecule has 0 aromatic rings. The van der Waals surface area contributed by atoms with Gasteiger partial charge in [0.2, 0.25) is 5.91 Å². The van der Waals surface area contributed by atoms with Gasteiger partial charge in [-0.05, 0) is 24.2 Å². The van der Waals surface area contributed by atoms with Crippen molar-refractivity contribution in [2.24, 2.45) is 22.5 Å². The topological polar surface area (TPSA) is 43.1 Å². The number of amides is 1. The van der Waals surface area contributed by atoms with Gasteiger partial charge in [0, 0.05) is 0 Å². The maximum atomic E-state index is 11.0. The van der Waals surface area contributed by atoms with Gasteiger partial charge < -0.3 is 5.73 Å². The second kappa shape index (κ2) is 1.25. The molecule has 0 unspecified atom stereocenters. The van der Waals surface area contributed by atoms with Crippen LogP contribution >= 0.6 is 0 Å². The highest BCUT2D eigenvalue weighted by Gasteiger charge is 2.73. The highest BCUT2D eigenvalue weighted by molar-refractivity contribution is 5.85. The maximum Gasteiger partial charge on any atom is 0.224 e. The van der Waals surface area contributed by atoms with Crippen LogP contribution in [-0.4, -0.2) is 5.91 Å². The molecule has 2 heteroatoms. The molecular weight excluding hydrogens is 126 g/mol. The standard InChI is InChI=1S/C8H13NO/c1-7(2)5-3-8(7,4-5)6(9)10/h5H,3-4H2,1-2H3,(H2,9,10). The molecule has 0 spiro atoms. The van der Waals surface area contributed by atoms with Crippen LogP contribution in [0.15, 0.2) is 0 Å². The molecule has 0 heterocycles. The summed E-state index contributed by atoms with van der Waals surface area (Å²) in [4.78, 5) is 11.0. The summed E-state index contributed by atoms with van der Waals surface area (Å²) >= 11 is 0. The first kappa shape index (κ1) is 6.20. The number of hydrogen-bond acceptors (Lipinski definition) is 1. The lowest BCUT2D eigenvalue weighted by Gasteiger charge is -2.72. The van der Waals surface area contributed by atoms with E-state index in [2.05, 4.69) is 13.8 Å². The Kier molecular flexibility index (Phi) is 0.773. The molecule has 2 nitrogen and oxygen atoms in total. The van der Waals surface area contributed by atoms with Gasteiger partial charge in [-0.1, -0.05) is 13.8 Å². The molecule has 3 aliphatic rings. The fraction of sp³-hybridized carbons (Fsp3) is 0.875. The number of primary amides is 1. The first-order chi connectivity index (χ1) is 4.51. The second-order valence-corrected chi connectivity index (χ2v) is 4.27. The molecule has 56 valence electrons. The van der Waals surface area contributed by atoms with Crippen molar-refractivity contribution >= 4 is 5.91 Å². The summed E-state index contributed by atoms with van der Waals surface area (Å²) in [7, 11) is 0. The van der Waals surface area contributed by atoms with Crippen molar-refractivity contribution in [1.29, 1.82) is 0 Å². The fourth-order valence-electron chi connectivity index (χ4n) is 2.47. The Morgan fingerprint density at radius 2 is 2.00 bits per heavy atom. The third-order valence-electron chi connectivity index (χ3n) is 3.92. The van der Waals surface area contributed by atoms with Gasteiger partial charge in [0.15, 0.2) is 0 Å². The number of carbonyl (C=O) groups is 1. The Balaban J connectivity index is 2.28. The minimum absolute atomic E-state index is 0.0833. The maximum absolute atomic E-state index is 11.0. The largest absolute Gasteiger partial charge is 0.369 e. The highest BCUT2D eigenvalue weighted by atomic mass is 16.1. The smallest absolute Gasteiger partial charge is 0.224 e. The number of carbonyl (C=O) groups excluding carboxylic acids is 1. The molecule has 0 aromatic carbocycles. The quantitative estimate of drug-likeness (QED) is 0.576. The summed E-state index contributed by atoms with van der Waals surface area (Å²) in [6.07, 6.45) is 2.10. The number of hydrogen-bond donors (Lipinski definition) is 1. The van der Waals surface area contributed by atoms with Gasteiger partial charge in [-0.2, -0.15) is 0 Å². The lowest BCUT2D eigenvalue weighted by molar-refractivity contribution is -0.241. The van der Waals surface area contributed by atoms with Crippen molar-refractivity contribution in [1.82, 2.24) is 0 Å². The van der Waals surface area contributed by atoms with E-state index in [4.69, 9.17) is 5.73 Å². The van der Waals surface area contributed by atoms with Gasteiger partial charge >= 0.3 is 0 Å². The molecule has 0 aromatic heterocycles. The van der Waals surface area contributed by atoms with Crippen molar-refractivity contribution in [3.05, 3.63) is 0 Å². The minimum Gasteiger partial charge on any atom is -0.369 e. The summed E-state index contributed by atoms with van der Waals surface area (Å²) < 4.78 is 0. The van der Waals surface area contributed by atoms with Crippen LogP contribution in [-0.2, 0) is 4.79 Å². The van der Waals surface area contributed by atoms with Gasteiger partial charge in [-0.25, -0.2) is 0 Å². The average molecular weight is 139 g/mol. The molecule has 2 bridgehead atoms. The van der Waals surface area contributed by atoms with E-state index in [1.807, 2.05) is 0 Å². The van der Waals surface area contributed by atoms with Gasteiger partial charge in [-0.3, -0.25) is 4.79 Å². The monoisotopic (exact) mass is 139 g/mol. The van der Waals surface area contributed by atoms with Crippen LogP contribution in [0.1, 0.15) is 26.7 Å². The fourth-order valence-corrected chi connectivity index (χ4v) is 2.47. The van der Waals surface area contributed by atoms with E-state index in [1.54, 1.807) is 0 Å². The first-order valence-electron chi connectivity index (χ1n) is 3.81. The molecule has 0 aliphatic heterocycles. The summed E-state index contributed by atoms with van der Waals surface area (Å²) in [6.45, 7) is 4.30. The molecule has 10 heavy (non-hydrogen) atoms. The van der Waals surface area contributed by atoms with Gasteiger partial charge in [0.05, 0.1) is 5.41 Å². The van der Waals surface area contributed by atoms with E-state index in [0.717, 1.165) is 18.8 Å². The number of nitrogens with two attached hydrogens (primary N) is 1. The van der Waals surface area contributed by atoms with Crippen molar-refractivity contribution < 1.29 is 4.79 Å². The predicted octanol–water partition coefficient (Wildman–Crippen LogP) is 0.908. The molecule has 0 radical (unpaired) electrons. The molecule has 2 N–H and O–H groups in total.